The van der Waals surface area contributed by atoms with Gasteiger partial charge in [0.25, 0.3) is 0 Å². The van der Waals surface area contributed by atoms with Gasteiger partial charge < -0.3 is 20.3 Å². The van der Waals surface area contributed by atoms with Gasteiger partial charge in [-0.3, -0.25) is 5.01 Å². The molecule has 0 saturated carbocycles. The SMILES string of the molecule is C=N/C(CN(C)C)=N\N(C)c1cc(Nc2nc(C)cc(NC)n2)ccc1OC. The summed E-state index contributed by atoms with van der Waals surface area (Å²) in [5, 5.41) is 12.5. The molecule has 0 atom stereocenters. The van der Waals surface area contributed by atoms with E-state index in [0.29, 0.717) is 24.1 Å². The third kappa shape index (κ3) is 5.65. The molecular formula is C19H28N8O. The molecule has 2 N–H and O–H groups in total. The molecule has 0 aliphatic carbocycles. The minimum Gasteiger partial charge on any atom is -0.495 e. The van der Waals surface area contributed by atoms with Crippen LogP contribution in [0.15, 0.2) is 34.4 Å². The second kappa shape index (κ2) is 9.65. The molecule has 9 nitrogen and oxygen atoms in total. The predicted molar refractivity (Wildman–Crippen MR) is 117 cm³/mol. The first-order chi connectivity index (χ1) is 13.4. The molecule has 1 heterocycles. The zero-order valence-corrected chi connectivity index (χ0v) is 17.3. The van der Waals surface area contributed by atoms with Gasteiger partial charge in [-0.1, -0.05) is 0 Å². The van der Waals surface area contributed by atoms with E-state index < -0.39 is 0 Å². The Bertz CT molecular complexity index is 850. The molecule has 0 aliphatic heterocycles. The van der Waals surface area contributed by atoms with Crippen molar-refractivity contribution in [3.63, 3.8) is 0 Å². The summed E-state index contributed by atoms with van der Waals surface area (Å²) in [7, 11) is 9.19. The van der Waals surface area contributed by atoms with Gasteiger partial charge in [-0.25, -0.2) is 9.98 Å². The number of aliphatic imine (C=N–C) groups is 1. The third-order valence-corrected chi connectivity index (χ3v) is 3.80. The maximum absolute atomic E-state index is 5.49. The average Bonchev–Trinajstić information content (AvgIpc) is 2.66. The summed E-state index contributed by atoms with van der Waals surface area (Å²) < 4.78 is 5.49. The lowest BCUT2D eigenvalue weighted by molar-refractivity contribution is 0.415. The summed E-state index contributed by atoms with van der Waals surface area (Å²) >= 11 is 0. The Morgan fingerprint density at radius 2 is 1.96 bits per heavy atom. The molecule has 0 amide bonds. The van der Waals surface area contributed by atoms with Crippen molar-refractivity contribution < 1.29 is 4.74 Å². The molecule has 0 bridgehead atoms. The zero-order valence-electron chi connectivity index (χ0n) is 17.3. The molecule has 1 aromatic heterocycles. The van der Waals surface area contributed by atoms with Crippen LogP contribution in [0.1, 0.15) is 5.69 Å². The Labute approximate surface area is 166 Å². The Morgan fingerprint density at radius 3 is 2.57 bits per heavy atom. The molecule has 0 fully saturated rings. The number of rotatable bonds is 8. The Balaban J connectivity index is 2.34. The number of hydrazone groups is 1. The van der Waals surface area contributed by atoms with E-state index in [9.17, 15) is 0 Å². The van der Waals surface area contributed by atoms with E-state index in [4.69, 9.17) is 4.74 Å². The summed E-state index contributed by atoms with van der Waals surface area (Å²) in [6.45, 7) is 6.10. The number of aromatic nitrogens is 2. The van der Waals surface area contributed by atoms with Crippen LogP contribution < -0.4 is 20.4 Å². The number of nitrogens with one attached hydrogen (secondary N) is 2. The van der Waals surface area contributed by atoms with Gasteiger partial charge in [-0.2, -0.15) is 10.1 Å². The maximum Gasteiger partial charge on any atom is 0.229 e. The van der Waals surface area contributed by atoms with Crippen molar-refractivity contribution in [2.24, 2.45) is 10.1 Å². The van der Waals surface area contributed by atoms with Crippen molar-refractivity contribution in [3.05, 3.63) is 30.0 Å². The number of hydrogen-bond donors (Lipinski definition) is 2. The van der Waals surface area contributed by atoms with E-state index in [0.717, 1.165) is 22.9 Å². The number of amidine groups is 1. The smallest absolute Gasteiger partial charge is 0.229 e. The highest BCUT2D eigenvalue weighted by Gasteiger charge is 2.12. The van der Waals surface area contributed by atoms with Crippen LogP contribution in [0.2, 0.25) is 0 Å². The van der Waals surface area contributed by atoms with Crippen LogP contribution >= 0.6 is 0 Å². The second-order valence-corrected chi connectivity index (χ2v) is 6.42. The van der Waals surface area contributed by atoms with Gasteiger partial charge in [0.15, 0.2) is 5.84 Å². The molecule has 28 heavy (non-hydrogen) atoms. The third-order valence-electron chi connectivity index (χ3n) is 3.80. The summed E-state index contributed by atoms with van der Waals surface area (Å²) in [5.41, 5.74) is 2.45. The minimum atomic E-state index is 0.507. The first-order valence-corrected chi connectivity index (χ1v) is 8.77. The molecular weight excluding hydrogens is 356 g/mol. The van der Waals surface area contributed by atoms with Crippen LogP contribution in [0, 0.1) is 6.92 Å². The molecule has 0 unspecified atom stereocenters. The monoisotopic (exact) mass is 384 g/mol. The average molecular weight is 384 g/mol. The molecule has 150 valence electrons. The number of methoxy groups -OCH3 is 1. The van der Waals surface area contributed by atoms with Crippen LogP contribution in [-0.2, 0) is 0 Å². The zero-order chi connectivity index (χ0) is 20.7. The number of likely N-dealkylation sites (N-methyl/N-ethyl adjacent to an activating group) is 1. The lowest BCUT2D eigenvalue weighted by Gasteiger charge is -2.19. The number of aryl methyl sites for hydroxylation is 1. The van der Waals surface area contributed by atoms with Gasteiger partial charge in [0.2, 0.25) is 5.95 Å². The number of ether oxygens (including phenoxy) is 1. The fraction of sp³-hybridized carbons (Fsp3) is 0.368. The Hall–Kier alpha value is -3.20. The van der Waals surface area contributed by atoms with Crippen molar-refractivity contribution in [2.45, 2.75) is 6.92 Å². The second-order valence-electron chi connectivity index (χ2n) is 6.42. The van der Waals surface area contributed by atoms with Gasteiger partial charge in [0.05, 0.1) is 13.7 Å². The van der Waals surface area contributed by atoms with E-state index in [-0.39, 0.29) is 0 Å². The highest BCUT2D eigenvalue weighted by Crippen LogP contribution is 2.32. The lowest BCUT2D eigenvalue weighted by atomic mass is 10.2. The van der Waals surface area contributed by atoms with Crippen LogP contribution in [-0.4, -0.2) is 69.3 Å². The molecule has 0 saturated heterocycles. The highest BCUT2D eigenvalue weighted by atomic mass is 16.5. The molecule has 0 aliphatic rings. The van der Waals surface area contributed by atoms with Gasteiger partial charge in [0.1, 0.15) is 17.3 Å². The standard InChI is InChI=1S/C19H28N8O/c1-13-10-17(20-2)24-19(22-13)23-14-8-9-16(28-7)15(11-14)27(6)25-18(21-3)12-26(4)5/h8-11H,3,12H2,1-2,4-7H3,(H2,20,22,23,24)/b25-18-. The number of nitrogens with zero attached hydrogens (tertiary/aromatic N) is 6. The predicted octanol–water partition coefficient (Wildman–Crippen LogP) is 2.59. The lowest BCUT2D eigenvalue weighted by Crippen LogP contribution is -2.23. The van der Waals surface area contributed by atoms with Crippen LogP contribution in [0.25, 0.3) is 0 Å². The van der Waals surface area contributed by atoms with E-state index in [1.165, 1.54) is 0 Å². The first kappa shape index (κ1) is 21.1. The number of anilines is 4. The topological polar surface area (TPSA) is 90.3 Å². The van der Waals surface area contributed by atoms with Gasteiger partial charge in [0, 0.05) is 31.5 Å². The van der Waals surface area contributed by atoms with E-state index in [2.05, 4.69) is 37.4 Å². The van der Waals surface area contributed by atoms with Gasteiger partial charge in [-0.05, 0) is 45.9 Å². The molecule has 0 radical (unpaired) electrons. The van der Waals surface area contributed by atoms with Gasteiger partial charge >= 0.3 is 0 Å². The van der Waals surface area contributed by atoms with E-state index in [1.54, 1.807) is 12.1 Å². The van der Waals surface area contributed by atoms with Crippen molar-refractivity contribution in [2.75, 3.05) is 57.5 Å². The van der Waals surface area contributed by atoms with Crippen LogP contribution in [0.4, 0.5) is 23.1 Å². The fourth-order valence-corrected chi connectivity index (χ4v) is 2.53. The minimum absolute atomic E-state index is 0.507. The summed E-state index contributed by atoms with van der Waals surface area (Å²) in [4.78, 5) is 14.8. The summed E-state index contributed by atoms with van der Waals surface area (Å²) in [6.07, 6.45) is 0. The fourth-order valence-electron chi connectivity index (χ4n) is 2.53. The molecule has 0 spiro atoms. The first-order valence-electron chi connectivity index (χ1n) is 8.77. The molecule has 2 aromatic rings. The Kier molecular flexibility index (Phi) is 7.28. The maximum atomic E-state index is 5.49. The number of benzene rings is 1. The number of hydrogen-bond acceptors (Lipinski definition) is 8. The van der Waals surface area contributed by atoms with E-state index in [1.807, 2.05) is 64.3 Å². The molecule has 1 aromatic carbocycles. The van der Waals surface area contributed by atoms with Gasteiger partial charge in [-0.15, -0.1) is 0 Å². The highest BCUT2D eigenvalue weighted by molar-refractivity contribution is 5.89. The van der Waals surface area contributed by atoms with Crippen LogP contribution in [0.3, 0.4) is 0 Å². The van der Waals surface area contributed by atoms with Crippen molar-refractivity contribution in [1.29, 1.82) is 0 Å². The summed E-state index contributed by atoms with van der Waals surface area (Å²) in [5.74, 6) is 2.54. The molecule has 9 heteroatoms. The Morgan fingerprint density at radius 1 is 1.21 bits per heavy atom. The largest absolute Gasteiger partial charge is 0.495 e. The molecule has 2 rings (SSSR count). The normalized spacial score (nSPS) is 11.3. The quantitative estimate of drug-likeness (QED) is 0.411. The van der Waals surface area contributed by atoms with E-state index >= 15 is 0 Å². The van der Waals surface area contributed by atoms with Crippen molar-refractivity contribution in [1.82, 2.24) is 14.9 Å². The summed E-state index contributed by atoms with van der Waals surface area (Å²) in [6, 6.07) is 7.56. The van der Waals surface area contributed by atoms with Crippen molar-refractivity contribution in [3.8, 4) is 5.75 Å². The van der Waals surface area contributed by atoms with Crippen LogP contribution in [0.5, 0.6) is 5.75 Å². The van der Waals surface area contributed by atoms with Crippen molar-refractivity contribution >= 4 is 35.7 Å².